The number of hydrogen-bond donors (Lipinski definition) is 2. The third kappa shape index (κ3) is 5.42. The summed E-state index contributed by atoms with van der Waals surface area (Å²) in [6.45, 7) is 2.13. The molecule has 2 aliphatic carbocycles. The van der Waals surface area contributed by atoms with E-state index in [-0.39, 0.29) is 23.3 Å². The molecule has 2 aliphatic heterocycles. The maximum atomic E-state index is 13.2. The average Bonchev–Trinajstić information content (AvgIpc) is 3.02. The second-order valence-electron chi connectivity index (χ2n) is 12.2. The highest BCUT2D eigenvalue weighted by Gasteiger charge is 2.44. The Morgan fingerprint density at radius 2 is 1.97 bits per heavy atom. The molecule has 2 bridgehead atoms. The number of carbonyl (C=O) groups excluding carboxylic acids is 1. The van der Waals surface area contributed by atoms with Crippen LogP contribution in [0.3, 0.4) is 0 Å². The van der Waals surface area contributed by atoms with Crippen LogP contribution in [0.25, 0.3) is 0 Å². The molecule has 2 aromatic carbocycles. The third-order valence-electron chi connectivity index (χ3n) is 9.48. The zero-order valence-electron chi connectivity index (χ0n) is 22.5. The molecule has 1 spiro atoms. The van der Waals surface area contributed by atoms with Gasteiger partial charge in [0.1, 0.15) is 5.75 Å². The van der Waals surface area contributed by atoms with Crippen molar-refractivity contribution in [3.8, 4) is 5.75 Å². The highest BCUT2D eigenvalue weighted by molar-refractivity contribution is 7.99. The summed E-state index contributed by atoms with van der Waals surface area (Å²) in [5, 5.41) is 11.8. The van der Waals surface area contributed by atoms with Crippen molar-refractivity contribution in [1.29, 1.82) is 0 Å². The quantitative estimate of drug-likeness (QED) is 0.429. The van der Waals surface area contributed by atoms with Crippen LogP contribution in [0.2, 0.25) is 5.02 Å². The minimum Gasteiger partial charge on any atom is -0.490 e. The second-order valence-corrected chi connectivity index (χ2v) is 14.8. The van der Waals surface area contributed by atoms with Gasteiger partial charge in [-0.3, -0.25) is 9.52 Å². The Kier molecular flexibility index (Phi) is 7.36. The van der Waals surface area contributed by atoms with Crippen LogP contribution in [0, 0.1) is 11.8 Å². The van der Waals surface area contributed by atoms with E-state index in [0.717, 1.165) is 80.9 Å². The van der Waals surface area contributed by atoms with E-state index in [1.165, 1.54) is 11.1 Å². The average molecular weight is 571 g/mol. The number of anilines is 1. The van der Waals surface area contributed by atoms with Gasteiger partial charge in [0.25, 0.3) is 5.91 Å². The predicted octanol–water partition coefficient (Wildman–Crippen LogP) is 5.14. The Morgan fingerprint density at radius 1 is 1.10 bits per heavy atom. The van der Waals surface area contributed by atoms with Crippen LogP contribution >= 0.6 is 11.6 Å². The molecule has 1 fully saturated rings. The van der Waals surface area contributed by atoms with Gasteiger partial charge in [-0.05, 0) is 104 Å². The molecule has 1 unspecified atom stereocenters. The summed E-state index contributed by atoms with van der Waals surface area (Å²) in [5.41, 5.74) is 3.75. The molecule has 4 aliphatic rings. The number of halogens is 1. The summed E-state index contributed by atoms with van der Waals surface area (Å²) in [7, 11) is -2.75. The standard InChI is InChI=1S/C31H39ClN2O4S/c1-39(37)15-4-2-3-7-28(35)25-11-8-23(25)18-34-19-31(14-5-6-21-16-24(32)10-12-26(21)31)20-38-29-13-9-22(17-27(29)34)30(36)33-39/h9-10,12-13,16-17,23,25,28,35H,1-8,11,14-15,18-20H2,(H,33,36,37)/t23-,25+,28-,31-,39?/m0/s1. The number of carbonyl (C=O) groups is 1. The summed E-state index contributed by atoms with van der Waals surface area (Å²) in [4.78, 5) is 15.6. The fourth-order valence-electron chi connectivity index (χ4n) is 7.22. The molecule has 6 rings (SSSR count). The maximum Gasteiger partial charge on any atom is 0.262 e. The van der Waals surface area contributed by atoms with E-state index in [2.05, 4.69) is 27.6 Å². The molecule has 0 saturated heterocycles. The van der Waals surface area contributed by atoms with Crippen molar-refractivity contribution >= 4 is 38.8 Å². The zero-order valence-corrected chi connectivity index (χ0v) is 24.1. The first-order valence-electron chi connectivity index (χ1n) is 14.4. The lowest BCUT2D eigenvalue weighted by molar-refractivity contribution is 0.00910. The summed E-state index contributed by atoms with van der Waals surface area (Å²) in [6, 6.07) is 11.8. The molecule has 2 aromatic rings. The van der Waals surface area contributed by atoms with Crippen molar-refractivity contribution in [2.45, 2.75) is 69.3 Å². The van der Waals surface area contributed by atoms with Gasteiger partial charge in [0.15, 0.2) is 0 Å². The van der Waals surface area contributed by atoms with Crippen molar-refractivity contribution in [2.75, 3.05) is 30.3 Å². The normalized spacial score (nSPS) is 33.1. The topological polar surface area (TPSA) is 78.9 Å². The first-order valence-corrected chi connectivity index (χ1v) is 16.7. The third-order valence-corrected chi connectivity index (χ3v) is 11.2. The van der Waals surface area contributed by atoms with Crippen LogP contribution < -0.4 is 14.4 Å². The number of aliphatic hydroxyl groups is 1. The van der Waals surface area contributed by atoms with Crippen LogP contribution in [-0.4, -0.2) is 52.6 Å². The van der Waals surface area contributed by atoms with Crippen molar-refractivity contribution < 1.29 is 18.8 Å². The first kappa shape index (κ1) is 27.0. The molecule has 2 heterocycles. The maximum absolute atomic E-state index is 13.2. The molecule has 2 N–H and O–H groups in total. The molecule has 39 heavy (non-hydrogen) atoms. The Morgan fingerprint density at radius 3 is 2.79 bits per heavy atom. The Bertz CT molecular complexity index is 1360. The van der Waals surface area contributed by atoms with Crippen LogP contribution in [0.4, 0.5) is 5.69 Å². The summed E-state index contributed by atoms with van der Waals surface area (Å²) >= 11 is 6.38. The number of fused-ring (bicyclic) bond motifs is 4. The number of nitrogens with one attached hydrogen (secondary N) is 1. The number of nitrogens with zero attached hydrogens (tertiary/aromatic N) is 1. The molecule has 1 saturated carbocycles. The molecule has 0 radical (unpaired) electrons. The van der Waals surface area contributed by atoms with Crippen molar-refractivity contribution in [3.05, 3.63) is 58.1 Å². The van der Waals surface area contributed by atoms with Gasteiger partial charge in [-0.25, -0.2) is 4.21 Å². The Labute approximate surface area is 237 Å². The number of aliphatic hydroxyl groups excluding tert-OH is 1. The van der Waals surface area contributed by atoms with Gasteiger partial charge in [0, 0.05) is 44.6 Å². The van der Waals surface area contributed by atoms with Gasteiger partial charge in [-0.2, -0.15) is 0 Å². The summed E-state index contributed by atoms with van der Waals surface area (Å²) in [5.74, 6) is 5.24. The fraction of sp³-hybridized carbons (Fsp3) is 0.548. The number of aryl methyl sites for hydroxylation is 1. The van der Waals surface area contributed by atoms with Gasteiger partial charge >= 0.3 is 0 Å². The van der Waals surface area contributed by atoms with Gasteiger partial charge in [0.2, 0.25) is 0 Å². The van der Waals surface area contributed by atoms with Crippen LogP contribution in [0.1, 0.15) is 72.9 Å². The van der Waals surface area contributed by atoms with Crippen molar-refractivity contribution in [3.63, 3.8) is 0 Å². The smallest absolute Gasteiger partial charge is 0.262 e. The van der Waals surface area contributed by atoms with E-state index in [1.54, 1.807) is 6.07 Å². The van der Waals surface area contributed by atoms with Gasteiger partial charge in [-0.1, -0.05) is 30.5 Å². The molecular formula is C31H39ClN2O4S. The molecule has 8 heteroatoms. The number of benzene rings is 2. The first-order chi connectivity index (χ1) is 18.7. The van der Waals surface area contributed by atoms with Crippen LogP contribution in [0.5, 0.6) is 5.75 Å². The van der Waals surface area contributed by atoms with Crippen molar-refractivity contribution in [1.82, 2.24) is 4.72 Å². The molecule has 0 aromatic heterocycles. The van der Waals surface area contributed by atoms with E-state index in [4.69, 9.17) is 16.3 Å². The van der Waals surface area contributed by atoms with E-state index in [9.17, 15) is 14.1 Å². The van der Waals surface area contributed by atoms with E-state index < -0.39 is 9.71 Å². The number of ether oxygens (including phenoxy) is 1. The Balaban J connectivity index is 1.40. The highest BCUT2D eigenvalue weighted by atomic mass is 35.5. The van der Waals surface area contributed by atoms with Crippen LogP contribution in [-0.2, 0) is 21.5 Å². The van der Waals surface area contributed by atoms with E-state index >= 15 is 0 Å². The minimum absolute atomic E-state index is 0.194. The molecule has 6 nitrogen and oxygen atoms in total. The van der Waals surface area contributed by atoms with Crippen LogP contribution in [0.15, 0.2) is 36.4 Å². The monoisotopic (exact) mass is 570 g/mol. The lowest BCUT2D eigenvalue weighted by Gasteiger charge is -2.45. The molecular weight excluding hydrogens is 532 g/mol. The van der Waals surface area contributed by atoms with Gasteiger partial charge in [0.05, 0.1) is 18.4 Å². The summed E-state index contributed by atoms with van der Waals surface area (Å²) < 4.78 is 22.3. The fourth-order valence-corrected chi connectivity index (χ4v) is 8.65. The minimum atomic E-state index is -2.75. The van der Waals surface area contributed by atoms with Crippen molar-refractivity contribution in [2.24, 2.45) is 11.8 Å². The number of amides is 1. The number of rotatable bonds is 0. The predicted molar refractivity (Wildman–Crippen MR) is 159 cm³/mol. The highest BCUT2D eigenvalue weighted by Crippen LogP contribution is 2.47. The summed E-state index contributed by atoms with van der Waals surface area (Å²) in [6.07, 6.45) is 8.13. The van der Waals surface area contributed by atoms with E-state index in [0.29, 0.717) is 30.3 Å². The lowest BCUT2D eigenvalue weighted by atomic mass is 9.68. The molecule has 5 atom stereocenters. The lowest BCUT2D eigenvalue weighted by Crippen LogP contribution is -2.49. The molecule has 210 valence electrons. The number of hydrogen-bond acceptors (Lipinski definition) is 5. The SMILES string of the molecule is C=S1(=O)CCCCC[C@H](O)[C@@H]2CC[C@H]2CN2C[C@@]3(CCCc4cc(Cl)ccc43)COc3ccc(cc32)C(=O)N1. The Hall–Kier alpha value is -2.22. The van der Waals surface area contributed by atoms with Gasteiger partial charge < -0.3 is 14.7 Å². The molecule has 1 amide bonds. The van der Waals surface area contributed by atoms with E-state index in [1.807, 2.05) is 18.2 Å². The van der Waals surface area contributed by atoms with Gasteiger partial charge in [-0.15, -0.1) is 0 Å². The second kappa shape index (κ2) is 10.6. The zero-order chi connectivity index (χ0) is 27.2. The largest absolute Gasteiger partial charge is 0.490 e.